The van der Waals surface area contributed by atoms with Crippen LogP contribution in [-0.4, -0.2) is 37.8 Å². The van der Waals surface area contributed by atoms with Crippen LogP contribution in [0.1, 0.15) is 19.8 Å². The van der Waals surface area contributed by atoms with E-state index in [1.165, 1.54) is 19.1 Å². The number of carbonyl (C=O) groups excluding carboxylic acids is 1. The van der Waals surface area contributed by atoms with Crippen LogP contribution >= 0.6 is 0 Å². The fraction of sp³-hybridized carbons (Fsp3) is 0.533. The van der Waals surface area contributed by atoms with Crippen molar-refractivity contribution in [3.05, 3.63) is 24.3 Å². The molecule has 3 N–H and O–H groups in total. The SMILES string of the molecule is CC(=O)Nc1ccc(S(=O)(=O)N2CC3CCC(N)C3C2)cc1. The molecular formula is C15H21N3O3S. The number of carbonyl (C=O) groups is 1. The maximum absolute atomic E-state index is 12.7. The summed E-state index contributed by atoms with van der Waals surface area (Å²) in [5.41, 5.74) is 6.66. The van der Waals surface area contributed by atoms with E-state index in [0.29, 0.717) is 24.7 Å². The Morgan fingerprint density at radius 1 is 1.23 bits per heavy atom. The molecule has 1 aliphatic heterocycles. The van der Waals surface area contributed by atoms with Crippen molar-refractivity contribution in [1.29, 1.82) is 0 Å². The van der Waals surface area contributed by atoms with Crippen molar-refractivity contribution in [1.82, 2.24) is 4.31 Å². The molecule has 3 unspecified atom stereocenters. The highest BCUT2D eigenvalue weighted by Crippen LogP contribution is 2.39. The summed E-state index contributed by atoms with van der Waals surface area (Å²) in [5, 5.41) is 2.63. The highest BCUT2D eigenvalue weighted by atomic mass is 32.2. The van der Waals surface area contributed by atoms with E-state index >= 15 is 0 Å². The van der Waals surface area contributed by atoms with Crippen LogP contribution in [0, 0.1) is 11.8 Å². The minimum atomic E-state index is -3.48. The van der Waals surface area contributed by atoms with Crippen LogP contribution in [-0.2, 0) is 14.8 Å². The summed E-state index contributed by atoms with van der Waals surface area (Å²) in [7, 11) is -3.48. The second-order valence-corrected chi connectivity index (χ2v) is 8.13. The van der Waals surface area contributed by atoms with Crippen LogP contribution in [0.3, 0.4) is 0 Å². The number of anilines is 1. The Morgan fingerprint density at radius 3 is 2.50 bits per heavy atom. The molecule has 3 rings (SSSR count). The zero-order valence-electron chi connectivity index (χ0n) is 12.5. The lowest BCUT2D eigenvalue weighted by molar-refractivity contribution is -0.114. The molecular weight excluding hydrogens is 302 g/mol. The Balaban J connectivity index is 1.77. The number of benzene rings is 1. The van der Waals surface area contributed by atoms with Crippen LogP contribution in [0.15, 0.2) is 29.2 Å². The third-order valence-electron chi connectivity index (χ3n) is 4.69. The Bertz CT molecular complexity index is 672. The van der Waals surface area contributed by atoms with E-state index in [9.17, 15) is 13.2 Å². The molecule has 7 heteroatoms. The Labute approximate surface area is 130 Å². The summed E-state index contributed by atoms with van der Waals surface area (Å²) in [5.74, 6) is 0.494. The Morgan fingerprint density at radius 2 is 1.91 bits per heavy atom. The van der Waals surface area contributed by atoms with E-state index in [2.05, 4.69) is 5.32 Å². The van der Waals surface area contributed by atoms with Gasteiger partial charge >= 0.3 is 0 Å². The predicted molar refractivity (Wildman–Crippen MR) is 83.7 cm³/mol. The zero-order chi connectivity index (χ0) is 15.9. The Hall–Kier alpha value is -1.44. The van der Waals surface area contributed by atoms with Crippen molar-refractivity contribution in [2.45, 2.75) is 30.7 Å². The largest absolute Gasteiger partial charge is 0.327 e. The van der Waals surface area contributed by atoms with Gasteiger partial charge in [0.1, 0.15) is 0 Å². The molecule has 2 fully saturated rings. The quantitative estimate of drug-likeness (QED) is 0.868. The summed E-state index contributed by atoms with van der Waals surface area (Å²) < 4.78 is 27.0. The molecule has 0 spiro atoms. The molecule has 0 radical (unpaired) electrons. The van der Waals surface area contributed by atoms with E-state index < -0.39 is 10.0 Å². The first-order valence-electron chi connectivity index (χ1n) is 7.51. The maximum Gasteiger partial charge on any atom is 0.243 e. The fourth-order valence-corrected chi connectivity index (χ4v) is 5.06. The van der Waals surface area contributed by atoms with E-state index in [1.54, 1.807) is 16.4 Å². The lowest BCUT2D eigenvalue weighted by atomic mass is 9.98. The topological polar surface area (TPSA) is 92.5 Å². The molecule has 1 saturated carbocycles. The van der Waals surface area contributed by atoms with Gasteiger partial charge in [0, 0.05) is 31.7 Å². The van der Waals surface area contributed by atoms with Crippen LogP contribution in [0.4, 0.5) is 5.69 Å². The third kappa shape index (κ3) is 2.76. The fourth-order valence-electron chi connectivity index (χ4n) is 3.53. The smallest absolute Gasteiger partial charge is 0.243 e. The molecule has 0 bridgehead atoms. The van der Waals surface area contributed by atoms with Gasteiger partial charge in [0.2, 0.25) is 15.9 Å². The van der Waals surface area contributed by atoms with Crippen LogP contribution in [0.2, 0.25) is 0 Å². The molecule has 0 aromatic heterocycles. The molecule has 120 valence electrons. The number of rotatable bonds is 3. The van der Waals surface area contributed by atoms with E-state index in [-0.39, 0.29) is 22.8 Å². The van der Waals surface area contributed by atoms with Gasteiger partial charge in [-0.05, 0) is 48.9 Å². The number of amides is 1. The molecule has 1 aromatic rings. The van der Waals surface area contributed by atoms with Crippen LogP contribution in [0.25, 0.3) is 0 Å². The standard InChI is InChI=1S/C15H21N3O3S/c1-10(19)17-12-3-5-13(6-4-12)22(20,21)18-8-11-2-7-15(16)14(11)9-18/h3-6,11,14-15H,2,7-9,16H2,1H3,(H,17,19). The molecule has 1 amide bonds. The van der Waals surface area contributed by atoms with Gasteiger partial charge in [-0.1, -0.05) is 0 Å². The van der Waals surface area contributed by atoms with Gasteiger partial charge in [0.15, 0.2) is 0 Å². The number of hydrogen-bond acceptors (Lipinski definition) is 4. The molecule has 22 heavy (non-hydrogen) atoms. The summed E-state index contributed by atoms with van der Waals surface area (Å²) in [6, 6.07) is 6.41. The highest BCUT2D eigenvalue weighted by Gasteiger charge is 2.44. The first-order valence-corrected chi connectivity index (χ1v) is 8.95. The number of nitrogens with one attached hydrogen (secondary N) is 1. The normalized spacial score (nSPS) is 28.5. The molecule has 1 aromatic carbocycles. The zero-order valence-corrected chi connectivity index (χ0v) is 13.3. The van der Waals surface area contributed by atoms with Gasteiger partial charge in [-0.3, -0.25) is 4.79 Å². The summed E-state index contributed by atoms with van der Waals surface area (Å²) in [6.07, 6.45) is 2.01. The Kier molecular flexibility index (Phi) is 3.96. The van der Waals surface area contributed by atoms with Gasteiger partial charge in [0.25, 0.3) is 0 Å². The molecule has 3 atom stereocenters. The first-order chi connectivity index (χ1) is 10.4. The second kappa shape index (κ2) is 5.64. The number of sulfonamides is 1. The van der Waals surface area contributed by atoms with Gasteiger partial charge in [0.05, 0.1) is 4.90 Å². The lowest BCUT2D eigenvalue weighted by Gasteiger charge is -2.18. The van der Waals surface area contributed by atoms with Crippen molar-refractivity contribution >= 4 is 21.6 Å². The predicted octanol–water partition coefficient (Wildman–Crippen LogP) is 1.00. The third-order valence-corrected chi connectivity index (χ3v) is 6.54. The number of nitrogens with zero attached hydrogens (tertiary/aromatic N) is 1. The lowest BCUT2D eigenvalue weighted by Crippen LogP contribution is -2.33. The monoisotopic (exact) mass is 323 g/mol. The van der Waals surface area contributed by atoms with Crippen molar-refractivity contribution in [2.24, 2.45) is 17.6 Å². The van der Waals surface area contributed by atoms with Crippen LogP contribution in [0.5, 0.6) is 0 Å². The summed E-state index contributed by atoms with van der Waals surface area (Å²) in [6.45, 7) is 2.49. The molecule has 1 heterocycles. The van der Waals surface area contributed by atoms with Crippen molar-refractivity contribution in [2.75, 3.05) is 18.4 Å². The molecule has 1 aliphatic carbocycles. The molecule has 6 nitrogen and oxygen atoms in total. The van der Waals surface area contributed by atoms with Crippen molar-refractivity contribution in [3.63, 3.8) is 0 Å². The molecule has 2 aliphatic rings. The van der Waals surface area contributed by atoms with Gasteiger partial charge in [-0.15, -0.1) is 0 Å². The van der Waals surface area contributed by atoms with Gasteiger partial charge < -0.3 is 11.1 Å². The summed E-state index contributed by atoms with van der Waals surface area (Å²) in [4.78, 5) is 11.3. The van der Waals surface area contributed by atoms with Crippen LogP contribution < -0.4 is 11.1 Å². The van der Waals surface area contributed by atoms with Gasteiger partial charge in [-0.25, -0.2) is 8.42 Å². The maximum atomic E-state index is 12.7. The van der Waals surface area contributed by atoms with Crippen molar-refractivity contribution < 1.29 is 13.2 Å². The average Bonchev–Trinajstić information content (AvgIpc) is 3.02. The van der Waals surface area contributed by atoms with E-state index in [0.717, 1.165) is 12.8 Å². The number of nitrogens with two attached hydrogens (primary N) is 1. The average molecular weight is 323 g/mol. The molecule has 1 saturated heterocycles. The number of fused-ring (bicyclic) bond motifs is 1. The van der Waals surface area contributed by atoms with Gasteiger partial charge in [-0.2, -0.15) is 4.31 Å². The summed E-state index contributed by atoms with van der Waals surface area (Å²) >= 11 is 0. The first kappa shape index (κ1) is 15.5. The highest BCUT2D eigenvalue weighted by molar-refractivity contribution is 7.89. The van der Waals surface area contributed by atoms with Crippen molar-refractivity contribution in [3.8, 4) is 0 Å². The van der Waals surface area contributed by atoms with E-state index in [4.69, 9.17) is 5.73 Å². The number of hydrogen-bond donors (Lipinski definition) is 2. The van der Waals surface area contributed by atoms with E-state index in [1.807, 2.05) is 0 Å². The minimum absolute atomic E-state index is 0.118. The minimum Gasteiger partial charge on any atom is -0.327 e. The second-order valence-electron chi connectivity index (χ2n) is 6.19.